The maximum atomic E-state index is 6.38. The van der Waals surface area contributed by atoms with Crippen molar-refractivity contribution in [1.29, 1.82) is 0 Å². The monoisotopic (exact) mass is 251 g/mol. The lowest BCUT2D eigenvalue weighted by Crippen LogP contribution is -2.25. The zero-order chi connectivity index (χ0) is 13.2. The molecule has 0 bridgehead atoms. The second-order valence-electron chi connectivity index (χ2n) is 5.77. The number of hydrogen-bond acceptors (Lipinski definition) is 1. The smallest absolute Gasteiger partial charge is 0.0114 e. The van der Waals surface area contributed by atoms with Crippen LogP contribution in [0.25, 0.3) is 0 Å². The molecule has 98 valence electrons. The van der Waals surface area contributed by atoms with Crippen LogP contribution in [0.1, 0.15) is 29.0 Å². The van der Waals surface area contributed by atoms with Crippen molar-refractivity contribution >= 4 is 0 Å². The molecule has 1 aliphatic carbocycles. The molecule has 0 heterocycles. The SMILES string of the molecule is Cc1ccc(CC(N)C2CC2c2ccccc2)cc1. The second-order valence-corrected chi connectivity index (χ2v) is 5.77. The standard InChI is InChI=1S/C18H21N/c1-13-7-9-14(10-8-13)11-18(19)17-12-16(17)15-5-3-2-4-6-15/h2-10,16-18H,11-12,19H2,1H3. The quantitative estimate of drug-likeness (QED) is 0.881. The van der Waals surface area contributed by atoms with Gasteiger partial charge >= 0.3 is 0 Å². The molecule has 0 aliphatic heterocycles. The summed E-state index contributed by atoms with van der Waals surface area (Å²) in [7, 11) is 0. The summed E-state index contributed by atoms with van der Waals surface area (Å²) < 4.78 is 0. The molecule has 3 rings (SSSR count). The minimum atomic E-state index is 0.285. The van der Waals surface area contributed by atoms with Crippen LogP contribution in [0, 0.1) is 12.8 Å². The van der Waals surface area contributed by atoms with E-state index in [0.29, 0.717) is 11.8 Å². The first-order chi connectivity index (χ1) is 9.24. The van der Waals surface area contributed by atoms with Crippen molar-refractivity contribution in [1.82, 2.24) is 0 Å². The van der Waals surface area contributed by atoms with Gasteiger partial charge in [-0.25, -0.2) is 0 Å². The number of rotatable bonds is 4. The summed E-state index contributed by atoms with van der Waals surface area (Å²) in [5.74, 6) is 1.34. The lowest BCUT2D eigenvalue weighted by molar-refractivity contribution is 0.577. The molecule has 2 aromatic carbocycles. The summed E-state index contributed by atoms with van der Waals surface area (Å²) in [5, 5.41) is 0. The Hall–Kier alpha value is -1.60. The van der Waals surface area contributed by atoms with Gasteiger partial charge in [0.1, 0.15) is 0 Å². The summed E-state index contributed by atoms with van der Waals surface area (Å²) >= 11 is 0. The summed E-state index contributed by atoms with van der Waals surface area (Å²) in [6.45, 7) is 2.12. The Bertz CT molecular complexity index is 529. The first-order valence-corrected chi connectivity index (χ1v) is 7.10. The Morgan fingerprint density at radius 2 is 1.74 bits per heavy atom. The van der Waals surface area contributed by atoms with Crippen LogP contribution in [0.3, 0.4) is 0 Å². The zero-order valence-corrected chi connectivity index (χ0v) is 11.4. The average molecular weight is 251 g/mol. The molecule has 2 N–H and O–H groups in total. The van der Waals surface area contributed by atoms with Crippen molar-refractivity contribution in [2.24, 2.45) is 11.7 Å². The van der Waals surface area contributed by atoms with Crippen LogP contribution in [-0.2, 0) is 6.42 Å². The first kappa shape index (κ1) is 12.4. The minimum absolute atomic E-state index is 0.285. The first-order valence-electron chi connectivity index (χ1n) is 7.10. The van der Waals surface area contributed by atoms with Gasteiger partial charge in [0.2, 0.25) is 0 Å². The van der Waals surface area contributed by atoms with Gasteiger partial charge in [-0.2, -0.15) is 0 Å². The molecule has 2 aromatic rings. The third-order valence-electron chi connectivity index (χ3n) is 4.21. The molecule has 1 heteroatoms. The van der Waals surface area contributed by atoms with E-state index in [9.17, 15) is 0 Å². The van der Waals surface area contributed by atoms with E-state index in [-0.39, 0.29) is 6.04 Å². The molecule has 0 saturated heterocycles. The Labute approximate surface area is 115 Å². The Kier molecular flexibility index (Phi) is 3.39. The van der Waals surface area contributed by atoms with Crippen LogP contribution >= 0.6 is 0 Å². The van der Waals surface area contributed by atoms with Gasteiger partial charge in [-0.05, 0) is 42.7 Å². The van der Waals surface area contributed by atoms with E-state index in [1.807, 2.05) is 0 Å². The number of nitrogens with two attached hydrogens (primary N) is 1. The van der Waals surface area contributed by atoms with Gasteiger partial charge in [0.15, 0.2) is 0 Å². The van der Waals surface area contributed by atoms with Crippen molar-refractivity contribution in [2.75, 3.05) is 0 Å². The maximum Gasteiger partial charge on any atom is 0.0114 e. The van der Waals surface area contributed by atoms with Crippen molar-refractivity contribution in [3.63, 3.8) is 0 Å². The molecule has 0 spiro atoms. The molecule has 1 aliphatic rings. The predicted molar refractivity (Wildman–Crippen MR) is 80.1 cm³/mol. The molecule has 0 amide bonds. The molecular weight excluding hydrogens is 230 g/mol. The van der Waals surface area contributed by atoms with E-state index >= 15 is 0 Å². The third-order valence-corrected chi connectivity index (χ3v) is 4.21. The summed E-state index contributed by atoms with van der Waals surface area (Å²) in [6.07, 6.45) is 2.24. The summed E-state index contributed by atoms with van der Waals surface area (Å²) in [5.41, 5.74) is 10.5. The van der Waals surface area contributed by atoms with Crippen LogP contribution in [0.5, 0.6) is 0 Å². The van der Waals surface area contributed by atoms with Gasteiger partial charge in [0.25, 0.3) is 0 Å². The molecule has 3 atom stereocenters. The van der Waals surface area contributed by atoms with E-state index in [4.69, 9.17) is 5.73 Å². The van der Waals surface area contributed by atoms with Crippen LogP contribution in [0.15, 0.2) is 54.6 Å². The molecule has 0 aromatic heterocycles. The van der Waals surface area contributed by atoms with Gasteiger partial charge in [0, 0.05) is 6.04 Å². The molecule has 1 nitrogen and oxygen atoms in total. The molecular formula is C18H21N. The number of benzene rings is 2. The van der Waals surface area contributed by atoms with Crippen LogP contribution in [-0.4, -0.2) is 6.04 Å². The maximum absolute atomic E-state index is 6.38. The largest absolute Gasteiger partial charge is 0.327 e. The van der Waals surface area contributed by atoms with E-state index in [1.54, 1.807) is 0 Å². The van der Waals surface area contributed by atoms with Crippen LogP contribution in [0.4, 0.5) is 0 Å². The van der Waals surface area contributed by atoms with Gasteiger partial charge < -0.3 is 5.73 Å². The molecule has 19 heavy (non-hydrogen) atoms. The van der Waals surface area contributed by atoms with E-state index in [1.165, 1.54) is 23.1 Å². The van der Waals surface area contributed by atoms with Gasteiger partial charge in [-0.1, -0.05) is 60.2 Å². The van der Waals surface area contributed by atoms with Gasteiger partial charge in [0.05, 0.1) is 0 Å². The fourth-order valence-electron chi connectivity index (χ4n) is 2.92. The Morgan fingerprint density at radius 3 is 2.42 bits per heavy atom. The van der Waals surface area contributed by atoms with E-state index in [0.717, 1.165) is 6.42 Å². The molecule has 0 radical (unpaired) electrons. The topological polar surface area (TPSA) is 26.0 Å². The van der Waals surface area contributed by atoms with Crippen molar-refractivity contribution in [3.05, 3.63) is 71.3 Å². The summed E-state index contributed by atoms with van der Waals surface area (Å²) in [6, 6.07) is 19.8. The normalized spacial score (nSPS) is 23.1. The predicted octanol–water partition coefficient (Wildman–Crippen LogP) is 3.67. The van der Waals surface area contributed by atoms with Crippen molar-refractivity contribution < 1.29 is 0 Å². The van der Waals surface area contributed by atoms with Crippen molar-refractivity contribution in [2.45, 2.75) is 31.7 Å². The Morgan fingerprint density at radius 1 is 1.05 bits per heavy atom. The van der Waals surface area contributed by atoms with E-state index in [2.05, 4.69) is 61.5 Å². The fraction of sp³-hybridized carbons (Fsp3) is 0.333. The highest BCUT2D eigenvalue weighted by Gasteiger charge is 2.42. The van der Waals surface area contributed by atoms with Crippen LogP contribution < -0.4 is 5.73 Å². The lowest BCUT2D eigenvalue weighted by atomic mass is 9.99. The Balaban J connectivity index is 1.61. The lowest BCUT2D eigenvalue weighted by Gasteiger charge is -2.12. The highest BCUT2D eigenvalue weighted by Crippen LogP contribution is 2.49. The van der Waals surface area contributed by atoms with Crippen LogP contribution in [0.2, 0.25) is 0 Å². The molecule has 1 saturated carbocycles. The second kappa shape index (κ2) is 5.18. The number of hydrogen-bond donors (Lipinski definition) is 1. The zero-order valence-electron chi connectivity index (χ0n) is 11.4. The van der Waals surface area contributed by atoms with Gasteiger partial charge in [-0.15, -0.1) is 0 Å². The van der Waals surface area contributed by atoms with Crippen molar-refractivity contribution in [3.8, 4) is 0 Å². The highest BCUT2D eigenvalue weighted by molar-refractivity contribution is 5.28. The summed E-state index contributed by atoms with van der Waals surface area (Å²) in [4.78, 5) is 0. The number of aryl methyl sites for hydroxylation is 1. The third kappa shape index (κ3) is 2.87. The fourth-order valence-corrected chi connectivity index (χ4v) is 2.92. The minimum Gasteiger partial charge on any atom is -0.327 e. The molecule has 3 unspecified atom stereocenters. The average Bonchev–Trinajstić information content (AvgIpc) is 3.23. The highest BCUT2D eigenvalue weighted by atomic mass is 14.7. The van der Waals surface area contributed by atoms with Gasteiger partial charge in [-0.3, -0.25) is 0 Å². The van der Waals surface area contributed by atoms with E-state index < -0.39 is 0 Å². The molecule has 1 fully saturated rings.